The highest BCUT2D eigenvalue weighted by Crippen LogP contribution is 2.42. The molecule has 2 amide bonds. The smallest absolute Gasteiger partial charge is 0.236 e. The first kappa shape index (κ1) is 16.8. The zero-order chi connectivity index (χ0) is 17.0. The molecule has 3 rings (SSSR count). The summed E-state index contributed by atoms with van der Waals surface area (Å²) in [6.07, 6.45) is 5.06. The van der Waals surface area contributed by atoms with Gasteiger partial charge in [0.2, 0.25) is 11.8 Å². The lowest BCUT2D eigenvalue weighted by Gasteiger charge is -2.39. The minimum atomic E-state index is -0.858. The molecule has 1 aromatic rings. The molecule has 0 unspecified atom stereocenters. The molecule has 2 N–H and O–H groups in total. The zero-order valence-electron chi connectivity index (χ0n) is 14.2. The van der Waals surface area contributed by atoms with E-state index in [1.54, 1.807) is 0 Å². The SMILES string of the molecule is CC[C@H](COc1ccccc1)NC(=O)C1(C(=O)NC2CC2)CCC1. The number of benzene rings is 1. The van der Waals surface area contributed by atoms with Crippen LogP contribution >= 0.6 is 0 Å². The molecule has 0 saturated heterocycles. The van der Waals surface area contributed by atoms with E-state index in [0.717, 1.165) is 31.4 Å². The first-order valence-electron chi connectivity index (χ1n) is 8.94. The summed E-state index contributed by atoms with van der Waals surface area (Å²) >= 11 is 0. The molecule has 2 saturated carbocycles. The number of para-hydroxylation sites is 1. The lowest BCUT2D eigenvalue weighted by molar-refractivity contribution is -0.150. The zero-order valence-corrected chi connectivity index (χ0v) is 14.2. The molecule has 2 aliphatic rings. The van der Waals surface area contributed by atoms with Gasteiger partial charge < -0.3 is 15.4 Å². The highest BCUT2D eigenvalue weighted by atomic mass is 16.5. The second-order valence-corrected chi connectivity index (χ2v) is 6.89. The molecule has 1 aromatic carbocycles. The molecular weight excluding hydrogens is 304 g/mol. The maximum Gasteiger partial charge on any atom is 0.236 e. The summed E-state index contributed by atoms with van der Waals surface area (Å²) in [7, 11) is 0. The molecule has 0 heterocycles. The largest absolute Gasteiger partial charge is 0.491 e. The van der Waals surface area contributed by atoms with Crippen molar-refractivity contribution in [1.82, 2.24) is 10.6 Å². The van der Waals surface area contributed by atoms with Crippen molar-refractivity contribution < 1.29 is 14.3 Å². The Morgan fingerprint density at radius 3 is 2.46 bits per heavy atom. The molecule has 0 aliphatic heterocycles. The van der Waals surface area contributed by atoms with Crippen LogP contribution in [0.25, 0.3) is 0 Å². The van der Waals surface area contributed by atoms with Gasteiger partial charge in [-0.15, -0.1) is 0 Å². The molecule has 0 spiro atoms. The standard InChI is InChI=1S/C19H26N2O3/c1-2-14(13-24-16-7-4-3-5-8-16)20-17(22)19(11-6-12-19)18(23)21-15-9-10-15/h3-5,7-8,14-15H,2,6,9-13H2,1H3,(H,20,22)(H,21,23)/t14-/m1/s1. The van der Waals surface area contributed by atoms with Gasteiger partial charge in [0.25, 0.3) is 0 Å². The average molecular weight is 330 g/mol. The predicted molar refractivity (Wildman–Crippen MR) is 91.6 cm³/mol. The van der Waals surface area contributed by atoms with Gasteiger partial charge in [-0.25, -0.2) is 0 Å². The number of hydrogen-bond donors (Lipinski definition) is 2. The van der Waals surface area contributed by atoms with Crippen LogP contribution in [0, 0.1) is 5.41 Å². The van der Waals surface area contributed by atoms with Crippen LogP contribution in [0.15, 0.2) is 30.3 Å². The topological polar surface area (TPSA) is 67.4 Å². The molecule has 24 heavy (non-hydrogen) atoms. The van der Waals surface area contributed by atoms with E-state index in [1.165, 1.54) is 0 Å². The van der Waals surface area contributed by atoms with E-state index in [2.05, 4.69) is 10.6 Å². The summed E-state index contributed by atoms with van der Waals surface area (Å²) in [4.78, 5) is 25.2. The van der Waals surface area contributed by atoms with Crippen LogP contribution in [-0.2, 0) is 9.59 Å². The van der Waals surface area contributed by atoms with Crippen molar-refractivity contribution in [2.45, 2.75) is 57.5 Å². The second-order valence-electron chi connectivity index (χ2n) is 6.89. The van der Waals surface area contributed by atoms with Crippen molar-refractivity contribution in [2.75, 3.05) is 6.61 Å². The van der Waals surface area contributed by atoms with Gasteiger partial charge in [0, 0.05) is 6.04 Å². The van der Waals surface area contributed by atoms with Crippen LogP contribution in [0.2, 0.25) is 0 Å². The summed E-state index contributed by atoms with van der Waals surface area (Å²) in [5.74, 6) is 0.554. The van der Waals surface area contributed by atoms with E-state index in [1.807, 2.05) is 37.3 Å². The number of ether oxygens (including phenoxy) is 1. The Morgan fingerprint density at radius 2 is 1.92 bits per heavy atom. The van der Waals surface area contributed by atoms with Gasteiger partial charge in [-0.1, -0.05) is 31.5 Å². The Bertz CT molecular complexity index is 580. The molecule has 0 aromatic heterocycles. The Hall–Kier alpha value is -2.04. The second kappa shape index (κ2) is 7.24. The van der Waals surface area contributed by atoms with Gasteiger partial charge in [-0.05, 0) is 44.2 Å². The van der Waals surface area contributed by atoms with Crippen LogP contribution < -0.4 is 15.4 Å². The van der Waals surface area contributed by atoms with E-state index in [4.69, 9.17) is 4.74 Å². The lowest BCUT2D eigenvalue weighted by atomic mass is 9.67. The number of amides is 2. The molecule has 2 fully saturated rings. The van der Waals surface area contributed by atoms with E-state index < -0.39 is 5.41 Å². The van der Waals surface area contributed by atoms with Gasteiger partial charge in [0.05, 0.1) is 6.04 Å². The summed E-state index contributed by atoms with van der Waals surface area (Å²) in [5, 5.41) is 6.03. The Labute approximate surface area is 143 Å². The van der Waals surface area contributed by atoms with Gasteiger partial charge in [-0.2, -0.15) is 0 Å². The van der Waals surface area contributed by atoms with Gasteiger partial charge in [-0.3, -0.25) is 9.59 Å². The van der Waals surface area contributed by atoms with E-state index >= 15 is 0 Å². The fourth-order valence-corrected chi connectivity index (χ4v) is 2.94. The molecule has 1 atom stereocenters. The number of rotatable bonds is 8. The average Bonchev–Trinajstić information content (AvgIpc) is 3.35. The van der Waals surface area contributed by atoms with Crippen LogP contribution in [-0.4, -0.2) is 30.5 Å². The molecular formula is C19H26N2O3. The normalized spacial score (nSPS) is 19.7. The van der Waals surface area contributed by atoms with E-state index in [-0.39, 0.29) is 23.9 Å². The molecule has 130 valence electrons. The maximum absolute atomic E-state index is 12.7. The predicted octanol–water partition coefficient (Wildman–Crippen LogP) is 2.41. The molecule has 0 bridgehead atoms. The van der Waals surface area contributed by atoms with E-state index in [9.17, 15) is 9.59 Å². The number of nitrogens with one attached hydrogen (secondary N) is 2. The Kier molecular flexibility index (Phi) is 5.07. The number of hydrogen-bond acceptors (Lipinski definition) is 3. The number of carbonyl (C=O) groups is 2. The van der Waals surface area contributed by atoms with Crippen molar-refractivity contribution in [3.8, 4) is 5.75 Å². The van der Waals surface area contributed by atoms with Crippen molar-refractivity contribution >= 4 is 11.8 Å². The maximum atomic E-state index is 12.7. The van der Waals surface area contributed by atoms with Gasteiger partial charge in [0.1, 0.15) is 17.8 Å². The van der Waals surface area contributed by atoms with Crippen molar-refractivity contribution in [1.29, 1.82) is 0 Å². The Morgan fingerprint density at radius 1 is 1.21 bits per heavy atom. The first-order chi connectivity index (χ1) is 11.6. The third-order valence-electron chi connectivity index (χ3n) is 5.01. The minimum Gasteiger partial charge on any atom is -0.491 e. The monoisotopic (exact) mass is 330 g/mol. The first-order valence-corrected chi connectivity index (χ1v) is 8.94. The summed E-state index contributed by atoms with van der Waals surface area (Å²) in [6, 6.07) is 9.75. The van der Waals surface area contributed by atoms with Crippen molar-refractivity contribution in [2.24, 2.45) is 5.41 Å². The fourth-order valence-electron chi connectivity index (χ4n) is 2.94. The van der Waals surface area contributed by atoms with Crippen molar-refractivity contribution in [3.63, 3.8) is 0 Å². The minimum absolute atomic E-state index is 0.0902. The Balaban J connectivity index is 1.55. The van der Waals surface area contributed by atoms with Crippen LogP contribution in [0.4, 0.5) is 0 Å². The van der Waals surface area contributed by atoms with Crippen molar-refractivity contribution in [3.05, 3.63) is 30.3 Å². The van der Waals surface area contributed by atoms with Crippen LogP contribution in [0.3, 0.4) is 0 Å². The molecule has 0 radical (unpaired) electrons. The number of carbonyl (C=O) groups excluding carboxylic acids is 2. The third kappa shape index (κ3) is 3.71. The van der Waals surface area contributed by atoms with Crippen LogP contribution in [0.5, 0.6) is 5.75 Å². The quantitative estimate of drug-likeness (QED) is 0.719. The van der Waals surface area contributed by atoms with Gasteiger partial charge in [0.15, 0.2) is 0 Å². The van der Waals surface area contributed by atoms with Crippen LogP contribution in [0.1, 0.15) is 45.4 Å². The summed E-state index contributed by atoms with van der Waals surface area (Å²) < 4.78 is 5.74. The molecule has 5 heteroatoms. The molecule has 2 aliphatic carbocycles. The summed E-state index contributed by atoms with van der Waals surface area (Å²) in [6.45, 7) is 2.42. The lowest BCUT2D eigenvalue weighted by Crippen LogP contribution is -2.57. The third-order valence-corrected chi connectivity index (χ3v) is 5.01. The van der Waals surface area contributed by atoms with E-state index in [0.29, 0.717) is 19.4 Å². The highest BCUT2D eigenvalue weighted by Gasteiger charge is 2.51. The molecule has 5 nitrogen and oxygen atoms in total. The fraction of sp³-hybridized carbons (Fsp3) is 0.579. The summed E-state index contributed by atoms with van der Waals surface area (Å²) in [5.41, 5.74) is -0.858. The highest BCUT2D eigenvalue weighted by molar-refractivity contribution is 6.06. The van der Waals surface area contributed by atoms with Gasteiger partial charge >= 0.3 is 0 Å².